The standard InChI is InChI=1S/C14H10Cl2N4OS/c15-11-6-9(7-12(16)17-11)8-22-14-19-18-13(21)20(14)10-4-2-1-3-5-10/h1-7H,8H2,(H,18,21). The van der Waals surface area contributed by atoms with Crippen molar-refractivity contribution in [2.24, 2.45) is 0 Å². The van der Waals surface area contributed by atoms with Crippen LogP contribution in [-0.2, 0) is 5.75 Å². The van der Waals surface area contributed by atoms with Crippen molar-refractivity contribution in [3.63, 3.8) is 0 Å². The number of halogens is 2. The van der Waals surface area contributed by atoms with Crippen LogP contribution in [0.4, 0.5) is 0 Å². The number of aromatic amines is 1. The first kappa shape index (κ1) is 15.1. The van der Waals surface area contributed by atoms with Crippen molar-refractivity contribution in [3.8, 4) is 5.69 Å². The molecule has 0 aliphatic carbocycles. The van der Waals surface area contributed by atoms with Gasteiger partial charge in [0.2, 0.25) is 0 Å². The average molecular weight is 353 g/mol. The van der Waals surface area contributed by atoms with Crippen molar-refractivity contribution in [1.29, 1.82) is 0 Å². The Bertz CT molecular complexity index is 827. The van der Waals surface area contributed by atoms with Gasteiger partial charge in [-0.05, 0) is 29.8 Å². The molecule has 0 fully saturated rings. The number of rotatable bonds is 4. The molecule has 3 aromatic rings. The van der Waals surface area contributed by atoms with Crippen LogP contribution < -0.4 is 5.69 Å². The molecule has 0 bridgehead atoms. The fourth-order valence-electron chi connectivity index (χ4n) is 1.93. The quantitative estimate of drug-likeness (QED) is 0.576. The van der Waals surface area contributed by atoms with Crippen LogP contribution in [-0.4, -0.2) is 19.7 Å². The van der Waals surface area contributed by atoms with Crippen LogP contribution in [0.1, 0.15) is 5.56 Å². The Morgan fingerprint density at radius 2 is 1.82 bits per heavy atom. The van der Waals surface area contributed by atoms with Gasteiger partial charge < -0.3 is 0 Å². The number of hydrogen-bond acceptors (Lipinski definition) is 4. The van der Waals surface area contributed by atoms with Crippen molar-refractivity contribution in [2.75, 3.05) is 0 Å². The molecular formula is C14H10Cl2N4OS. The van der Waals surface area contributed by atoms with E-state index in [2.05, 4.69) is 15.2 Å². The van der Waals surface area contributed by atoms with E-state index in [0.717, 1.165) is 11.3 Å². The summed E-state index contributed by atoms with van der Waals surface area (Å²) in [7, 11) is 0. The molecule has 0 saturated carbocycles. The summed E-state index contributed by atoms with van der Waals surface area (Å²) in [6, 6.07) is 12.8. The summed E-state index contributed by atoms with van der Waals surface area (Å²) in [5, 5.41) is 7.77. The molecule has 0 unspecified atom stereocenters. The summed E-state index contributed by atoms with van der Waals surface area (Å²) in [5.41, 5.74) is 1.39. The van der Waals surface area contributed by atoms with Gasteiger partial charge in [0.25, 0.3) is 0 Å². The maximum Gasteiger partial charge on any atom is 0.348 e. The molecular weight excluding hydrogens is 343 g/mol. The molecule has 1 aromatic carbocycles. The number of nitrogens with zero attached hydrogens (tertiary/aromatic N) is 3. The molecule has 112 valence electrons. The number of hydrogen-bond donors (Lipinski definition) is 1. The zero-order valence-corrected chi connectivity index (χ0v) is 13.5. The number of H-pyrrole nitrogens is 1. The molecule has 0 aliphatic heterocycles. The van der Waals surface area contributed by atoms with Crippen molar-refractivity contribution in [3.05, 3.63) is 68.8 Å². The number of pyridine rings is 1. The first-order valence-electron chi connectivity index (χ1n) is 6.31. The minimum absolute atomic E-state index is 0.278. The maximum absolute atomic E-state index is 11.9. The minimum atomic E-state index is -0.278. The van der Waals surface area contributed by atoms with Crippen molar-refractivity contribution in [2.45, 2.75) is 10.9 Å². The molecule has 0 aliphatic rings. The van der Waals surface area contributed by atoms with E-state index in [9.17, 15) is 4.79 Å². The third-order valence-electron chi connectivity index (χ3n) is 2.85. The van der Waals surface area contributed by atoms with E-state index in [-0.39, 0.29) is 5.69 Å². The lowest BCUT2D eigenvalue weighted by atomic mass is 10.3. The molecule has 0 atom stereocenters. The Hall–Kier alpha value is -1.76. The number of para-hydroxylation sites is 1. The molecule has 0 amide bonds. The lowest BCUT2D eigenvalue weighted by molar-refractivity contribution is 0.870. The molecule has 0 saturated heterocycles. The Kier molecular flexibility index (Phi) is 4.52. The topological polar surface area (TPSA) is 63.6 Å². The van der Waals surface area contributed by atoms with E-state index in [1.54, 1.807) is 12.1 Å². The van der Waals surface area contributed by atoms with Gasteiger partial charge in [-0.2, -0.15) is 0 Å². The molecule has 5 nitrogen and oxygen atoms in total. The second-order valence-electron chi connectivity index (χ2n) is 4.39. The van der Waals surface area contributed by atoms with E-state index in [1.807, 2.05) is 30.3 Å². The minimum Gasteiger partial charge on any atom is -0.246 e. The fraction of sp³-hybridized carbons (Fsp3) is 0.0714. The SMILES string of the molecule is O=c1[nH]nc(SCc2cc(Cl)nc(Cl)c2)n1-c1ccccc1. The molecule has 3 rings (SSSR count). The molecule has 2 aromatic heterocycles. The van der Waals surface area contributed by atoms with Gasteiger partial charge in [-0.15, -0.1) is 5.10 Å². The predicted molar refractivity (Wildman–Crippen MR) is 88.0 cm³/mol. The van der Waals surface area contributed by atoms with Gasteiger partial charge in [-0.3, -0.25) is 0 Å². The Morgan fingerprint density at radius 1 is 1.14 bits per heavy atom. The van der Waals surface area contributed by atoms with Gasteiger partial charge in [0, 0.05) is 5.75 Å². The predicted octanol–water partition coefficient (Wildman–Crippen LogP) is 3.55. The normalized spacial score (nSPS) is 10.8. The van der Waals surface area contributed by atoms with Crippen LogP contribution in [0.5, 0.6) is 0 Å². The van der Waals surface area contributed by atoms with E-state index >= 15 is 0 Å². The zero-order valence-electron chi connectivity index (χ0n) is 11.2. The fourth-order valence-corrected chi connectivity index (χ4v) is 3.33. The lowest BCUT2D eigenvalue weighted by Gasteiger charge is -2.05. The van der Waals surface area contributed by atoms with Crippen LogP contribution in [0.25, 0.3) is 5.69 Å². The highest BCUT2D eigenvalue weighted by molar-refractivity contribution is 7.98. The summed E-state index contributed by atoms with van der Waals surface area (Å²) in [6.07, 6.45) is 0. The molecule has 2 heterocycles. The van der Waals surface area contributed by atoms with Gasteiger partial charge in [0.15, 0.2) is 5.16 Å². The highest BCUT2D eigenvalue weighted by Crippen LogP contribution is 2.24. The average Bonchev–Trinajstić information content (AvgIpc) is 2.86. The Balaban J connectivity index is 1.86. The lowest BCUT2D eigenvalue weighted by Crippen LogP contribution is -2.15. The summed E-state index contributed by atoms with van der Waals surface area (Å²) < 4.78 is 1.52. The third kappa shape index (κ3) is 3.35. The second-order valence-corrected chi connectivity index (χ2v) is 6.11. The van der Waals surface area contributed by atoms with Gasteiger partial charge in [-0.25, -0.2) is 19.4 Å². The van der Waals surface area contributed by atoms with Crippen LogP contribution in [0.15, 0.2) is 52.4 Å². The van der Waals surface area contributed by atoms with Crippen LogP contribution in [0.2, 0.25) is 10.3 Å². The zero-order chi connectivity index (χ0) is 15.5. The first-order chi connectivity index (χ1) is 10.6. The van der Waals surface area contributed by atoms with Crippen molar-refractivity contribution >= 4 is 35.0 Å². The molecule has 8 heteroatoms. The highest BCUT2D eigenvalue weighted by Gasteiger charge is 2.11. The summed E-state index contributed by atoms with van der Waals surface area (Å²) in [4.78, 5) is 15.8. The molecule has 0 spiro atoms. The maximum atomic E-state index is 11.9. The van der Waals surface area contributed by atoms with E-state index < -0.39 is 0 Å². The van der Waals surface area contributed by atoms with Crippen LogP contribution >= 0.6 is 35.0 Å². The number of nitrogens with one attached hydrogen (secondary N) is 1. The van der Waals surface area contributed by atoms with Crippen LogP contribution in [0, 0.1) is 0 Å². The molecule has 0 radical (unpaired) electrons. The van der Waals surface area contributed by atoms with E-state index in [1.165, 1.54) is 16.3 Å². The third-order valence-corrected chi connectivity index (χ3v) is 4.24. The van der Waals surface area contributed by atoms with E-state index in [0.29, 0.717) is 21.2 Å². The first-order valence-corrected chi connectivity index (χ1v) is 8.05. The summed E-state index contributed by atoms with van der Waals surface area (Å²) >= 11 is 13.2. The van der Waals surface area contributed by atoms with Gasteiger partial charge in [-0.1, -0.05) is 53.2 Å². The Morgan fingerprint density at radius 3 is 2.50 bits per heavy atom. The largest absolute Gasteiger partial charge is 0.348 e. The second kappa shape index (κ2) is 6.56. The van der Waals surface area contributed by atoms with E-state index in [4.69, 9.17) is 23.2 Å². The number of benzene rings is 1. The van der Waals surface area contributed by atoms with Crippen molar-refractivity contribution in [1.82, 2.24) is 19.7 Å². The monoisotopic (exact) mass is 352 g/mol. The highest BCUT2D eigenvalue weighted by atomic mass is 35.5. The number of aromatic nitrogens is 4. The van der Waals surface area contributed by atoms with Crippen LogP contribution in [0.3, 0.4) is 0 Å². The molecule has 22 heavy (non-hydrogen) atoms. The van der Waals surface area contributed by atoms with Gasteiger partial charge in [0.05, 0.1) is 5.69 Å². The summed E-state index contributed by atoms with van der Waals surface area (Å²) in [5.74, 6) is 0.569. The molecule has 1 N–H and O–H groups in total. The number of thioether (sulfide) groups is 1. The Labute approximate surface area is 140 Å². The van der Waals surface area contributed by atoms with Gasteiger partial charge in [0.1, 0.15) is 10.3 Å². The summed E-state index contributed by atoms with van der Waals surface area (Å²) in [6.45, 7) is 0. The smallest absolute Gasteiger partial charge is 0.246 e. The van der Waals surface area contributed by atoms with Crippen molar-refractivity contribution < 1.29 is 0 Å². The van der Waals surface area contributed by atoms with Gasteiger partial charge >= 0.3 is 5.69 Å².